The molecule has 1 aliphatic rings. The van der Waals surface area contributed by atoms with Gasteiger partial charge in [0.2, 0.25) is 0 Å². The molecule has 18 heavy (non-hydrogen) atoms. The predicted octanol–water partition coefficient (Wildman–Crippen LogP) is 2.71. The van der Waals surface area contributed by atoms with Crippen molar-refractivity contribution in [3.63, 3.8) is 0 Å². The smallest absolute Gasteiger partial charge is 0.104 e. The maximum Gasteiger partial charge on any atom is 0.104 e. The Bertz CT molecular complexity index is 659. The van der Waals surface area contributed by atoms with Gasteiger partial charge in [-0.3, -0.25) is 4.98 Å². The van der Waals surface area contributed by atoms with Gasteiger partial charge in [-0.15, -0.1) is 0 Å². The molecule has 0 fully saturated rings. The van der Waals surface area contributed by atoms with Crippen LogP contribution in [0.4, 0.5) is 0 Å². The lowest BCUT2D eigenvalue weighted by Crippen LogP contribution is -2.18. The Hall–Kier alpha value is -1.48. The molecule has 94 valence electrons. The summed E-state index contributed by atoms with van der Waals surface area (Å²) in [6, 6.07) is 2.05. The Morgan fingerprint density at radius 3 is 2.61 bits per heavy atom. The molecule has 3 rings (SSSR count). The third-order valence-electron chi connectivity index (χ3n) is 4.00. The lowest BCUT2D eigenvalue weighted by Gasteiger charge is -2.18. The molecule has 3 nitrogen and oxygen atoms in total. The van der Waals surface area contributed by atoms with Crippen molar-refractivity contribution in [1.29, 1.82) is 0 Å². The molecule has 0 saturated carbocycles. The molecule has 0 aromatic carbocycles. The Labute approximate surface area is 107 Å². The van der Waals surface area contributed by atoms with Gasteiger partial charge >= 0.3 is 0 Å². The van der Waals surface area contributed by atoms with E-state index in [1.807, 2.05) is 19.9 Å². The van der Waals surface area contributed by atoms with Crippen LogP contribution in [0.25, 0.3) is 11.0 Å². The van der Waals surface area contributed by atoms with Crippen molar-refractivity contribution >= 4 is 11.0 Å². The quantitative estimate of drug-likeness (QED) is 0.772. The zero-order valence-corrected chi connectivity index (χ0v) is 11.3. The van der Waals surface area contributed by atoms with Gasteiger partial charge in [-0.2, -0.15) is 0 Å². The molecule has 2 aromatic rings. The summed E-state index contributed by atoms with van der Waals surface area (Å²) in [7, 11) is 0. The van der Waals surface area contributed by atoms with Gasteiger partial charge in [-0.1, -0.05) is 0 Å². The van der Waals surface area contributed by atoms with Gasteiger partial charge < -0.3 is 5.11 Å². The van der Waals surface area contributed by atoms with Crippen molar-refractivity contribution in [3.8, 4) is 0 Å². The number of aromatic nitrogens is 2. The summed E-state index contributed by atoms with van der Waals surface area (Å²) >= 11 is 0. The molecule has 2 heterocycles. The molecule has 2 aromatic heterocycles. The van der Waals surface area contributed by atoms with Gasteiger partial charge in [0, 0.05) is 5.69 Å². The number of aliphatic hydroxyl groups is 1. The normalized spacial score (nSPS) is 22.5. The first-order valence-corrected chi connectivity index (χ1v) is 6.40. The van der Waals surface area contributed by atoms with Crippen LogP contribution in [0.3, 0.4) is 0 Å². The molecule has 0 spiro atoms. The minimum Gasteiger partial charge on any atom is -0.384 e. The van der Waals surface area contributed by atoms with Crippen LogP contribution in [0.2, 0.25) is 0 Å². The molecule has 0 saturated heterocycles. The maximum absolute atomic E-state index is 10.4. The van der Waals surface area contributed by atoms with Crippen LogP contribution in [-0.2, 0) is 12.0 Å². The number of nitrogens with zero attached hydrogens (tertiary/aromatic N) is 2. The first-order valence-electron chi connectivity index (χ1n) is 6.40. The van der Waals surface area contributed by atoms with Crippen molar-refractivity contribution in [2.24, 2.45) is 0 Å². The predicted molar refractivity (Wildman–Crippen MR) is 71.6 cm³/mol. The molecule has 3 heteroatoms. The maximum atomic E-state index is 10.4. The molecule has 1 atom stereocenters. The van der Waals surface area contributed by atoms with E-state index in [1.165, 1.54) is 11.1 Å². The van der Waals surface area contributed by atoms with E-state index in [9.17, 15) is 5.11 Å². The number of fused-ring (bicyclic) bond motifs is 2. The molecular formula is C15H18N2O. The summed E-state index contributed by atoms with van der Waals surface area (Å²) in [5, 5.41) is 10.4. The van der Waals surface area contributed by atoms with Crippen LogP contribution < -0.4 is 0 Å². The van der Waals surface area contributed by atoms with E-state index in [0.29, 0.717) is 0 Å². The Balaban J connectivity index is 2.44. The van der Waals surface area contributed by atoms with Gasteiger partial charge in [0.25, 0.3) is 0 Å². The first-order chi connectivity index (χ1) is 8.40. The standard InChI is InChI=1S/C15H18N2O/c1-8-7-9(2)16-13-10(3)11-5-6-15(4,18)14(11)17-12(8)13/h7,18H,5-6H2,1-4H3. The lowest BCUT2D eigenvalue weighted by molar-refractivity contribution is 0.0556. The van der Waals surface area contributed by atoms with Crippen LogP contribution in [-0.4, -0.2) is 15.1 Å². The van der Waals surface area contributed by atoms with Crippen molar-refractivity contribution in [1.82, 2.24) is 9.97 Å². The molecule has 1 N–H and O–H groups in total. The van der Waals surface area contributed by atoms with E-state index in [2.05, 4.69) is 18.8 Å². The molecule has 1 aliphatic carbocycles. The number of hydrogen-bond donors (Lipinski definition) is 1. The second-order valence-corrected chi connectivity index (χ2v) is 5.62. The molecule has 0 amide bonds. The Morgan fingerprint density at radius 1 is 1.17 bits per heavy atom. The second-order valence-electron chi connectivity index (χ2n) is 5.62. The zero-order chi connectivity index (χ0) is 13.1. The van der Waals surface area contributed by atoms with Gasteiger partial charge in [-0.05, 0) is 63.3 Å². The minimum atomic E-state index is -0.786. The van der Waals surface area contributed by atoms with Gasteiger partial charge in [-0.25, -0.2) is 4.98 Å². The van der Waals surface area contributed by atoms with Gasteiger partial charge in [0.05, 0.1) is 16.7 Å². The van der Waals surface area contributed by atoms with Crippen LogP contribution in [0.1, 0.15) is 41.4 Å². The summed E-state index contributed by atoms with van der Waals surface area (Å²) in [6.45, 7) is 8.01. The molecule has 0 bridgehead atoms. The highest BCUT2D eigenvalue weighted by atomic mass is 16.3. The van der Waals surface area contributed by atoms with Crippen LogP contribution in [0.5, 0.6) is 0 Å². The number of hydrogen-bond acceptors (Lipinski definition) is 3. The van der Waals surface area contributed by atoms with E-state index in [1.54, 1.807) is 0 Å². The number of rotatable bonds is 0. The first kappa shape index (κ1) is 11.6. The molecule has 0 aliphatic heterocycles. The van der Waals surface area contributed by atoms with E-state index < -0.39 is 5.60 Å². The molecule has 0 radical (unpaired) electrons. The Kier molecular flexibility index (Phi) is 2.26. The largest absolute Gasteiger partial charge is 0.384 e. The third kappa shape index (κ3) is 1.47. The highest BCUT2D eigenvalue weighted by Crippen LogP contribution is 2.39. The zero-order valence-electron chi connectivity index (χ0n) is 11.3. The van der Waals surface area contributed by atoms with E-state index >= 15 is 0 Å². The molecular weight excluding hydrogens is 224 g/mol. The van der Waals surface area contributed by atoms with E-state index in [0.717, 1.165) is 40.8 Å². The van der Waals surface area contributed by atoms with Crippen molar-refractivity contribution in [2.75, 3.05) is 0 Å². The molecule has 1 unspecified atom stereocenters. The summed E-state index contributed by atoms with van der Waals surface area (Å²) in [5.74, 6) is 0. The topological polar surface area (TPSA) is 46.0 Å². The summed E-state index contributed by atoms with van der Waals surface area (Å²) in [6.07, 6.45) is 1.65. The summed E-state index contributed by atoms with van der Waals surface area (Å²) in [5.41, 5.74) is 6.50. The summed E-state index contributed by atoms with van der Waals surface area (Å²) in [4.78, 5) is 9.31. The van der Waals surface area contributed by atoms with Crippen molar-refractivity contribution in [2.45, 2.75) is 46.1 Å². The van der Waals surface area contributed by atoms with E-state index in [-0.39, 0.29) is 0 Å². The lowest BCUT2D eigenvalue weighted by atomic mass is 10.0. The average molecular weight is 242 g/mol. The highest BCUT2D eigenvalue weighted by Gasteiger charge is 2.35. The fraction of sp³-hybridized carbons (Fsp3) is 0.467. The van der Waals surface area contributed by atoms with Crippen molar-refractivity contribution in [3.05, 3.63) is 34.1 Å². The van der Waals surface area contributed by atoms with Gasteiger partial charge in [0.15, 0.2) is 0 Å². The third-order valence-corrected chi connectivity index (χ3v) is 4.00. The van der Waals surface area contributed by atoms with Crippen LogP contribution in [0, 0.1) is 20.8 Å². The number of aryl methyl sites for hydroxylation is 3. The minimum absolute atomic E-state index is 0.754. The van der Waals surface area contributed by atoms with Crippen LogP contribution in [0.15, 0.2) is 6.07 Å². The fourth-order valence-electron chi connectivity index (χ4n) is 2.97. The monoisotopic (exact) mass is 242 g/mol. The van der Waals surface area contributed by atoms with E-state index in [4.69, 9.17) is 4.98 Å². The van der Waals surface area contributed by atoms with Crippen LogP contribution >= 0.6 is 0 Å². The Morgan fingerprint density at radius 2 is 1.89 bits per heavy atom. The average Bonchev–Trinajstić information content (AvgIpc) is 2.57. The highest BCUT2D eigenvalue weighted by molar-refractivity contribution is 5.83. The fourth-order valence-corrected chi connectivity index (χ4v) is 2.97. The van der Waals surface area contributed by atoms with Crippen molar-refractivity contribution < 1.29 is 5.11 Å². The summed E-state index contributed by atoms with van der Waals surface area (Å²) < 4.78 is 0. The number of pyridine rings is 2. The van der Waals surface area contributed by atoms with Gasteiger partial charge in [0.1, 0.15) is 5.60 Å². The second kappa shape index (κ2) is 3.51. The SMILES string of the molecule is Cc1cc(C)c2nc3c(c(C)c2n1)CCC3(C)O.